The number of hydrogen-bond donors (Lipinski definition) is 1. The first kappa shape index (κ1) is 17.9. The maximum atomic E-state index is 13.0. The molecule has 6 heteroatoms. The van der Waals surface area contributed by atoms with E-state index in [4.69, 9.17) is 0 Å². The third-order valence-corrected chi connectivity index (χ3v) is 4.56. The molecule has 1 aliphatic rings. The van der Waals surface area contributed by atoms with Crippen LogP contribution >= 0.6 is 0 Å². The Kier molecular flexibility index (Phi) is 5.51. The summed E-state index contributed by atoms with van der Waals surface area (Å²) < 4.78 is 13.0. The molecule has 136 valence electrons. The summed E-state index contributed by atoms with van der Waals surface area (Å²) in [7, 11) is 0. The van der Waals surface area contributed by atoms with Gasteiger partial charge < -0.3 is 15.1 Å². The maximum absolute atomic E-state index is 13.0. The third-order valence-electron chi connectivity index (χ3n) is 4.56. The van der Waals surface area contributed by atoms with Crippen LogP contribution in [-0.4, -0.2) is 49.3 Å². The Morgan fingerprint density at radius 2 is 1.58 bits per heavy atom. The molecule has 0 spiro atoms. The minimum absolute atomic E-state index is 0.0200. The van der Waals surface area contributed by atoms with E-state index in [9.17, 15) is 14.0 Å². The first-order chi connectivity index (χ1) is 12.5. The Balaban J connectivity index is 1.47. The lowest BCUT2D eigenvalue weighted by molar-refractivity contribution is -0.129. The highest BCUT2D eigenvalue weighted by molar-refractivity contribution is 5.94. The molecule has 1 saturated heterocycles. The van der Waals surface area contributed by atoms with Crippen molar-refractivity contribution in [3.05, 3.63) is 59.9 Å². The number of amides is 1. The van der Waals surface area contributed by atoms with Crippen molar-refractivity contribution in [2.45, 2.75) is 6.92 Å². The number of carbonyl (C=O) groups is 2. The predicted molar refractivity (Wildman–Crippen MR) is 100 cm³/mol. The number of Topliss-reactive ketones (excluding diaryl/α,β-unsaturated/α-hetero) is 1. The Bertz CT molecular complexity index is 767. The molecule has 0 aliphatic carbocycles. The van der Waals surface area contributed by atoms with Gasteiger partial charge in [0.05, 0.1) is 6.54 Å². The summed E-state index contributed by atoms with van der Waals surface area (Å²) in [4.78, 5) is 27.6. The Morgan fingerprint density at radius 3 is 2.15 bits per heavy atom. The summed E-state index contributed by atoms with van der Waals surface area (Å²) in [5.74, 6) is -0.184. The molecular formula is C20H22FN3O2. The van der Waals surface area contributed by atoms with Gasteiger partial charge in [-0.2, -0.15) is 0 Å². The van der Waals surface area contributed by atoms with Gasteiger partial charge in [0.15, 0.2) is 5.78 Å². The maximum Gasteiger partial charge on any atom is 0.241 e. The molecule has 0 radical (unpaired) electrons. The Labute approximate surface area is 152 Å². The average molecular weight is 355 g/mol. The van der Waals surface area contributed by atoms with Gasteiger partial charge in [-0.25, -0.2) is 4.39 Å². The van der Waals surface area contributed by atoms with Crippen LogP contribution in [0.1, 0.15) is 17.3 Å². The normalized spacial score (nSPS) is 14.2. The van der Waals surface area contributed by atoms with E-state index in [1.165, 1.54) is 19.1 Å². The second-order valence-electron chi connectivity index (χ2n) is 6.33. The minimum Gasteiger partial charge on any atom is -0.376 e. The molecule has 1 fully saturated rings. The molecule has 0 aromatic heterocycles. The van der Waals surface area contributed by atoms with E-state index >= 15 is 0 Å². The van der Waals surface area contributed by atoms with Crippen LogP contribution in [-0.2, 0) is 4.79 Å². The molecule has 2 aromatic rings. The van der Waals surface area contributed by atoms with Crippen LogP contribution in [0.4, 0.5) is 15.8 Å². The van der Waals surface area contributed by atoms with Crippen LogP contribution < -0.4 is 10.2 Å². The smallest absolute Gasteiger partial charge is 0.241 e. The Morgan fingerprint density at radius 1 is 0.962 bits per heavy atom. The van der Waals surface area contributed by atoms with Crippen LogP contribution in [0.3, 0.4) is 0 Å². The molecule has 0 bridgehead atoms. The molecule has 2 aromatic carbocycles. The third kappa shape index (κ3) is 4.39. The summed E-state index contributed by atoms with van der Waals surface area (Å²) in [6.45, 7) is 4.48. The number of anilines is 2. The van der Waals surface area contributed by atoms with Crippen LogP contribution in [0.15, 0.2) is 48.5 Å². The zero-order valence-electron chi connectivity index (χ0n) is 14.7. The van der Waals surface area contributed by atoms with Crippen LogP contribution in [0.2, 0.25) is 0 Å². The first-order valence-electron chi connectivity index (χ1n) is 8.66. The van der Waals surface area contributed by atoms with E-state index < -0.39 is 0 Å². The van der Waals surface area contributed by atoms with Crippen molar-refractivity contribution < 1.29 is 14.0 Å². The number of benzene rings is 2. The summed E-state index contributed by atoms with van der Waals surface area (Å²) in [5.41, 5.74) is 2.44. The summed E-state index contributed by atoms with van der Waals surface area (Å²) in [5, 5.41) is 3.10. The fourth-order valence-electron chi connectivity index (χ4n) is 2.98. The second kappa shape index (κ2) is 7.99. The molecule has 26 heavy (non-hydrogen) atoms. The summed E-state index contributed by atoms with van der Waals surface area (Å²) >= 11 is 0. The van der Waals surface area contributed by atoms with Crippen molar-refractivity contribution in [2.24, 2.45) is 0 Å². The van der Waals surface area contributed by atoms with Gasteiger partial charge in [-0.05, 0) is 55.5 Å². The molecule has 0 unspecified atom stereocenters. The average Bonchev–Trinajstić information content (AvgIpc) is 2.67. The summed E-state index contributed by atoms with van der Waals surface area (Å²) in [6, 6.07) is 13.5. The lowest BCUT2D eigenvalue weighted by Gasteiger charge is -2.36. The molecule has 5 nitrogen and oxygen atoms in total. The molecule has 0 atom stereocenters. The van der Waals surface area contributed by atoms with Gasteiger partial charge >= 0.3 is 0 Å². The van der Waals surface area contributed by atoms with E-state index in [-0.39, 0.29) is 24.1 Å². The highest BCUT2D eigenvalue weighted by Gasteiger charge is 2.21. The number of halogens is 1. The molecule has 1 N–H and O–H groups in total. The van der Waals surface area contributed by atoms with Crippen molar-refractivity contribution in [2.75, 3.05) is 42.9 Å². The number of carbonyl (C=O) groups excluding carboxylic acids is 2. The lowest BCUT2D eigenvalue weighted by atomic mass is 10.1. The van der Waals surface area contributed by atoms with E-state index in [0.717, 1.165) is 24.5 Å². The van der Waals surface area contributed by atoms with Crippen LogP contribution in [0, 0.1) is 5.82 Å². The molecule has 1 aliphatic heterocycles. The standard InChI is InChI=1S/C20H22FN3O2/c1-15(25)16-2-6-18(7-3-16)22-14-20(26)24-12-10-23(11-13-24)19-8-4-17(21)5-9-19/h2-9,22H,10-14H2,1H3. The number of rotatable bonds is 5. The zero-order valence-corrected chi connectivity index (χ0v) is 14.7. The van der Waals surface area contributed by atoms with Crippen molar-refractivity contribution in [1.29, 1.82) is 0 Å². The predicted octanol–water partition coefficient (Wildman–Crippen LogP) is 2.79. The van der Waals surface area contributed by atoms with Crippen molar-refractivity contribution in [3.63, 3.8) is 0 Å². The monoisotopic (exact) mass is 355 g/mol. The van der Waals surface area contributed by atoms with Gasteiger partial charge in [-0.1, -0.05) is 0 Å². The first-order valence-corrected chi connectivity index (χ1v) is 8.66. The van der Waals surface area contributed by atoms with E-state index in [0.29, 0.717) is 18.7 Å². The van der Waals surface area contributed by atoms with Gasteiger partial charge in [-0.15, -0.1) is 0 Å². The molecule has 1 heterocycles. The van der Waals surface area contributed by atoms with Gasteiger partial charge in [0.25, 0.3) is 0 Å². The minimum atomic E-state index is -0.245. The van der Waals surface area contributed by atoms with Crippen molar-refractivity contribution >= 4 is 23.1 Å². The van der Waals surface area contributed by atoms with E-state index in [1.807, 2.05) is 4.90 Å². The number of ketones is 1. The van der Waals surface area contributed by atoms with E-state index in [1.54, 1.807) is 36.4 Å². The van der Waals surface area contributed by atoms with Gasteiger partial charge in [0, 0.05) is 43.1 Å². The molecule has 0 saturated carbocycles. The van der Waals surface area contributed by atoms with Gasteiger partial charge in [0.2, 0.25) is 5.91 Å². The topological polar surface area (TPSA) is 52.7 Å². The van der Waals surface area contributed by atoms with E-state index in [2.05, 4.69) is 10.2 Å². The molecular weight excluding hydrogens is 333 g/mol. The molecule has 1 amide bonds. The number of piperazine rings is 1. The van der Waals surface area contributed by atoms with Crippen LogP contribution in [0.5, 0.6) is 0 Å². The largest absolute Gasteiger partial charge is 0.376 e. The summed E-state index contributed by atoms with van der Waals surface area (Å²) in [6.07, 6.45) is 0. The highest BCUT2D eigenvalue weighted by atomic mass is 19.1. The fourth-order valence-corrected chi connectivity index (χ4v) is 2.98. The zero-order chi connectivity index (χ0) is 18.5. The SMILES string of the molecule is CC(=O)c1ccc(NCC(=O)N2CCN(c3ccc(F)cc3)CC2)cc1. The van der Waals surface area contributed by atoms with Gasteiger partial charge in [-0.3, -0.25) is 9.59 Å². The van der Waals surface area contributed by atoms with Crippen LogP contribution in [0.25, 0.3) is 0 Å². The van der Waals surface area contributed by atoms with Crippen molar-refractivity contribution in [1.82, 2.24) is 4.90 Å². The fraction of sp³-hybridized carbons (Fsp3) is 0.300. The lowest BCUT2D eigenvalue weighted by Crippen LogP contribution is -2.50. The number of nitrogens with one attached hydrogen (secondary N) is 1. The highest BCUT2D eigenvalue weighted by Crippen LogP contribution is 2.17. The van der Waals surface area contributed by atoms with Gasteiger partial charge in [0.1, 0.15) is 5.82 Å². The number of hydrogen-bond acceptors (Lipinski definition) is 4. The number of nitrogens with zero attached hydrogens (tertiary/aromatic N) is 2. The Hall–Kier alpha value is -2.89. The molecule has 3 rings (SSSR count). The second-order valence-corrected chi connectivity index (χ2v) is 6.33. The van der Waals surface area contributed by atoms with Crippen molar-refractivity contribution in [3.8, 4) is 0 Å². The quantitative estimate of drug-likeness (QED) is 0.838.